The number of nitrogens with one attached hydrogen (secondary N) is 1. The number of nitrogens with two attached hydrogens (primary N) is 1. The van der Waals surface area contributed by atoms with Gasteiger partial charge in [0.15, 0.2) is 0 Å². The van der Waals surface area contributed by atoms with Crippen LogP contribution in [0.2, 0.25) is 0 Å². The lowest BCUT2D eigenvalue weighted by Crippen LogP contribution is -2.54. The monoisotopic (exact) mass is 295 g/mol. The van der Waals surface area contributed by atoms with E-state index in [2.05, 4.69) is 5.32 Å². The van der Waals surface area contributed by atoms with E-state index >= 15 is 0 Å². The molecule has 1 aliphatic rings. The predicted octanol–water partition coefficient (Wildman–Crippen LogP) is 1.05. The van der Waals surface area contributed by atoms with Crippen LogP contribution < -0.4 is 15.8 Å². The van der Waals surface area contributed by atoms with Crippen LogP contribution in [-0.4, -0.2) is 36.7 Å². The molecule has 1 saturated heterocycles. The lowest BCUT2D eigenvalue weighted by atomic mass is 9.90. The van der Waals surface area contributed by atoms with E-state index in [4.69, 9.17) is 15.2 Å². The van der Waals surface area contributed by atoms with Crippen LogP contribution in [0.15, 0.2) is 18.2 Å². The third-order valence-corrected chi connectivity index (χ3v) is 3.49. The number of anilines is 1. The molecular formula is C13H17N3O5. The van der Waals surface area contributed by atoms with E-state index in [-0.39, 0.29) is 11.4 Å². The van der Waals surface area contributed by atoms with Gasteiger partial charge in [-0.15, -0.1) is 0 Å². The van der Waals surface area contributed by atoms with E-state index in [1.165, 1.54) is 25.3 Å². The maximum atomic E-state index is 12.3. The van der Waals surface area contributed by atoms with Crippen LogP contribution in [0.4, 0.5) is 11.4 Å². The van der Waals surface area contributed by atoms with Crippen molar-refractivity contribution in [1.82, 2.24) is 0 Å². The van der Waals surface area contributed by atoms with Crippen LogP contribution in [0.25, 0.3) is 0 Å². The van der Waals surface area contributed by atoms with Crippen LogP contribution in [0.1, 0.15) is 12.8 Å². The normalized spacial score (nSPS) is 17.0. The van der Waals surface area contributed by atoms with Gasteiger partial charge in [0.1, 0.15) is 17.0 Å². The molecule has 0 unspecified atom stereocenters. The van der Waals surface area contributed by atoms with Crippen LogP contribution in [0.3, 0.4) is 0 Å². The van der Waals surface area contributed by atoms with E-state index in [1.54, 1.807) is 0 Å². The molecule has 0 aromatic heterocycles. The summed E-state index contributed by atoms with van der Waals surface area (Å²) in [4.78, 5) is 22.8. The minimum Gasteiger partial charge on any atom is -0.496 e. The van der Waals surface area contributed by atoms with Crippen LogP contribution in [0.5, 0.6) is 5.75 Å². The Kier molecular flexibility index (Phi) is 4.39. The summed E-state index contributed by atoms with van der Waals surface area (Å²) in [6.45, 7) is 0.795. The number of nitrogens with zero attached hydrogens (tertiary/aromatic N) is 1. The molecule has 0 spiro atoms. The number of carbonyl (C=O) groups is 1. The molecule has 114 valence electrons. The highest BCUT2D eigenvalue weighted by molar-refractivity contribution is 5.99. The number of hydrogen-bond acceptors (Lipinski definition) is 6. The Morgan fingerprint density at radius 1 is 1.48 bits per heavy atom. The standard InChI is InChI=1S/C13H17N3O5/c1-20-9-2-3-10(11(8-9)16(18)19)15-12(17)13(14)4-6-21-7-5-13/h2-3,8H,4-7,14H2,1H3,(H,15,17). The first kappa shape index (κ1) is 15.2. The van der Waals surface area contributed by atoms with Gasteiger partial charge in [0.2, 0.25) is 5.91 Å². The summed E-state index contributed by atoms with van der Waals surface area (Å²) in [5.41, 5.74) is 4.84. The minimum atomic E-state index is -1.06. The van der Waals surface area contributed by atoms with E-state index in [0.717, 1.165) is 0 Å². The van der Waals surface area contributed by atoms with Gasteiger partial charge >= 0.3 is 0 Å². The molecular weight excluding hydrogens is 278 g/mol. The lowest BCUT2D eigenvalue weighted by Gasteiger charge is -2.31. The first-order valence-corrected chi connectivity index (χ1v) is 6.47. The molecule has 21 heavy (non-hydrogen) atoms. The smallest absolute Gasteiger partial charge is 0.296 e. The van der Waals surface area contributed by atoms with Crippen LogP contribution >= 0.6 is 0 Å². The SMILES string of the molecule is COc1ccc(NC(=O)C2(N)CCOCC2)c([N+](=O)[O-])c1. The molecule has 8 heteroatoms. The summed E-state index contributed by atoms with van der Waals surface area (Å²) in [7, 11) is 1.41. The highest BCUT2D eigenvalue weighted by atomic mass is 16.6. The Bertz CT molecular complexity index is 555. The topological polar surface area (TPSA) is 117 Å². The molecule has 0 atom stereocenters. The van der Waals surface area contributed by atoms with Crippen molar-refractivity contribution in [1.29, 1.82) is 0 Å². The fourth-order valence-electron chi connectivity index (χ4n) is 2.10. The Morgan fingerprint density at radius 2 is 2.14 bits per heavy atom. The highest BCUT2D eigenvalue weighted by Crippen LogP contribution is 2.30. The zero-order valence-corrected chi connectivity index (χ0v) is 11.6. The van der Waals surface area contributed by atoms with Crippen molar-refractivity contribution < 1.29 is 19.2 Å². The van der Waals surface area contributed by atoms with E-state index in [1.807, 2.05) is 0 Å². The van der Waals surface area contributed by atoms with Crippen molar-refractivity contribution in [3.63, 3.8) is 0 Å². The molecule has 8 nitrogen and oxygen atoms in total. The first-order chi connectivity index (χ1) is 9.96. The Hall–Kier alpha value is -2.19. The maximum absolute atomic E-state index is 12.3. The van der Waals surface area contributed by atoms with Gasteiger partial charge in [-0.2, -0.15) is 0 Å². The zero-order valence-electron chi connectivity index (χ0n) is 11.6. The van der Waals surface area contributed by atoms with Crippen molar-refractivity contribution in [2.75, 3.05) is 25.6 Å². The number of methoxy groups -OCH3 is 1. The summed E-state index contributed by atoms with van der Waals surface area (Å²) >= 11 is 0. The molecule has 0 radical (unpaired) electrons. The van der Waals surface area contributed by atoms with Gasteiger partial charge in [0.05, 0.1) is 18.1 Å². The number of rotatable bonds is 4. The number of nitro benzene ring substituents is 1. The molecule has 2 rings (SSSR count). The van der Waals surface area contributed by atoms with Gasteiger partial charge in [-0.3, -0.25) is 14.9 Å². The third kappa shape index (κ3) is 3.29. The molecule has 1 aromatic carbocycles. The number of hydrogen-bond donors (Lipinski definition) is 2. The van der Waals surface area contributed by atoms with Crippen molar-refractivity contribution in [3.05, 3.63) is 28.3 Å². The Labute approximate surface area is 121 Å². The van der Waals surface area contributed by atoms with Crippen LogP contribution in [0, 0.1) is 10.1 Å². The number of amides is 1. The second-order valence-corrected chi connectivity index (χ2v) is 4.86. The average Bonchev–Trinajstić information content (AvgIpc) is 2.48. The summed E-state index contributed by atoms with van der Waals surface area (Å²) < 4.78 is 10.1. The third-order valence-electron chi connectivity index (χ3n) is 3.49. The van der Waals surface area contributed by atoms with E-state index in [9.17, 15) is 14.9 Å². The predicted molar refractivity (Wildman–Crippen MR) is 75.2 cm³/mol. The van der Waals surface area contributed by atoms with Crippen molar-refractivity contribution in [2.45, 2.75) is 18.4 Å². The molecule has 1 heterocycles. The van der Waals surface area contributed by atoms with Gasteiger partial charge in [0, 0.05) is 13.2 Å². The molecule has 1 aliphatic heterocycles. The first-order valence-electron chi connectivity index (χ1n) is 6.47. The molecule has 0 bridgehead atoms. The Balaban J connectivity index is 2.22. The van der Waals surface area contributed by atoms with Crippen molar-refractivity contribution >= 4 is 17.3 Å². The molecule has 1 fully saturated rings. The fourth-order valence-corrected chi connectivity index (χ4v) is 2.10. The lowest BCUT2D eigenvalue weighted by molar-refractivity contribution is -0.384. The summed E-state index contributed by atoms with van der Waals surface area (Å²) in [5, 5.41) is 13.6. The van der Waals surface area contributed by atoms with Gasteiger partial charge in [-0.05, 0) is 25.0 Å². The number of nitro groups is 1. The largest absolute Gasteiger partial charge is 0.496 e. The molecule has 3 N–H and O–H groups in total. The van der Waals surface area contributed by atoms with Crippen molar-refractivity contribution in [2.24, 2.45) is 5.73 Å². The molecule has 1 aromatic rings. The maximum Gasteiger partial charge on any atom is 0.296 e. The number of benzene rings is 1. The van der Waals surface area contributed by atoms with E-state index < -0.39 is 16.4 Å². The number of ether oxygens (including phenoxy) is 2. The van der Waals surface area contributed by atoms with Crippen LogP contribution in [-0.2, 0) is 9.53 Å². The number of carbonyl (C=O) groups excluding carboxylic acids is 1. The summed E-state index contributed by atoms with van der Waals surface area (Å²) in [6.07, 6.45) is 0.756. The fraction of sp³-hybridized carbons (Fsp3) is 0.462. The van der Waals surface area contributed by atoms with Gasteiger partial charge < -0.3 is 20.5 Å². The molecule has 1 amide bonds. The second-order valence-electron chi connectivity index (χ2n) is 4.86. The van der Waals surface area contributed by atoms with E-state index in [0.29, 0.717) is 31.8 Å². The van der Waals surface area contributed by atoms with Gasteiger partial charge in [-0.1, -0.05) is 0 Å². The minimum absolute atomic E-state index is 0.0992. The second kappa shape index (κ2) is 6.06. The van der Waals surface area contributed by atoms with Gasteiger partial charge in [0.25, 0.3) is 5.69 Å². The average molecular weight is 295 g/mol. The molecule has 0 aliphatic carbocycles. The summed E-state index contributed by atoms with van der Waals surface area (Å²) in [6, 6.07) is 4.22. The quantitative estimate of drug-likeness (QED) is 0.633. The van der Waals surface area contributed by atoms with Gasteiger partial charge in [-0.25, -0.2) is 0 Å². The zero-order chi connectivity index (χ0) is 15.5. The highest BCUT2D eigenvalue weighted by Gasteiger charge is 2.36. The Morgan fingerprint density at radius 3 is 2.71 bits per heavy atom. The summed E-state index contributed by atoms with van der Waals surface area (Å²) in [5.74, 6) is -0.104. The van der Waals surface area contributed by atoms with Crippen molar-refractivity contribution in [3.8, 4) is 5.75 Å². The molecule has 0 saturated carbocycles.